The maximum atomic E-state index is 11.8. The fourth-order valence-electron chi connectivity index (χ4n) is 2.58. The van der Waals surface area contributed by atoms with Crippen molar-refractivity contribution < 1.29 is 17.2 Å². The van der Waals surface area contributed by atoms with Crippen LogP contribution in [-0.2, 0) is 11.3 Å². The van der Waals surface area contributed by atoms with Gasteiger partial charge in [-0.25, -0.2) is 0 Å². The molecule has 0 amide bonds. The summed E-state index contributed by atoms with van der Waals surface area (Å²) in [4.78, 5) is 14.0. The van der Waals surface area contributed by atoms with E-state index in [1.807, 2.05) is 6.07 Å². The number of Topliss-reactive ketones (excluding diaryl/α,β-unsaturated/α-hetero) is 1. The van der Waals surface area contributed by atoms with E-state index in [4.69, 9.17) is 0 Å². The van der Waals surface area contributed by atoms with E-state index >= 15 is 0 Å². The zero-order valence-electron chi connectivity index (χ0n) is 10.9. The first kappa shape index (κ1) is 15.2. The van der Waals surface area contributed by atoms with E-state index in [9.17, 15) is 4.79 Å². The Kier molecular flexibility index (Phi) is 6.37. The van der Waals surface area contributed by atoms with Crippen molar-refractivity contribution in [3.63, 3.8) is 0 Å². The third-order valence-corrected chi connectivity index (χ3v) is 3.51. The van der Waals surface area contributed by atoms with Crippen LogP contribution in [0.25, 0.3) is 0 Å². The number of carbonyl (C=O) groups excluding carboxylic acids is 1. The van der Waals surface area contributed by atoms with Crippen LogP contribution in [0.1, 0.15) is 31.2 Å². The van der Waals surface area contributed by atoms with Crippen molar-refractivity contribution in [3.05, 3.63) is 35.9 Å². The molecule has 1 aliphatic carbocycles. The molecule has 1 unspecified atom stereocenters. The zero-order chi connectivity index (χ0) is 12.1. The predicted octanol–water partition coefficient (Wildman–Crippen LogP) is -0.118. The second kappa shape index (κ2) is 7.55. The van der Waals surface area contributed by atoms with Crippen LogP contribution in [0, 0.1) is 5.92 Å². The summed E-state index contributed by atoms with van der Waals surface area (Å²) in [5.74, 6) is 0.744. The average Bonchev–Trinajstić information content (AvgIpc) is 2.33. The molecule has 0 heterocycles. The van der Waals surface area contributed by atoms with Gasteiger partial charge < -0.3 is 17.3 Å². The van der Waals surface area contributed by atoms with Crippen LogP contribution in [0.2, 0.25) is 0 Å². The number of ketones is 1. The molecule has 0 aliphatic heterocycles. The molecule has 0 radical (unpaired) electrons. The number of halogens is 1. The van der Waals surface area contributed by atoms with Gasteiger partial charge >= 0.3 is 0 Å². The van der Waals surface area contributed by atoms with Crippen LogP contribution in [-0.4, -0.2) is 24.3 Å². The average molecular weight is 267 g/mol. The van der Waals surface area contributed by atoms with E-state index in [0.717, 1.165) is 32.4 Å². The largest absolute Gasteiger partial charge is 1.00 e. The standard InChI is InChI=1S/C15H21NO.ClH/c1-16(11-13-7-3-2-4-8-13)12-14-9-5-6-10-15(14)17;/h2-4,7-8,14H,5-6,9-12H2,1H3;1H/p-1. The lowest BCUT2D eigenvalue weighted by atomic mass is 9.87. The molecule has 1 fully saturated rings. The molecule has 0 spiro atoms. The van der Waals surface area contributed by atoms with Gasteiger partial charge in [-0.15, -0.1) is 0 Å². The third-order valence-electron chi connectivity index (χ3n) is 3.51. The second-order valence-corrected chi connectivity index (χ2v) is 5.09. The topological polar surface area (TPSA) is 20.3 Å². The van der Waals surface area contributed by atoms with Crippen molar-refractivity contribution in [2.45, 2.75) is 32.2 Å². The summed E-state index contributed by atoms with van der Waals surface area (Å²) in [6, 6.07) is 10.4. The van der Waals surface area contributed by atoms with E-state index in [1.165, 1.54) is 12.0 Å². The molecule has 1 aromatic carbocycles. The molecule has 1 aliphatic rings. The van der Waals surface area contributed by atoms with Crippen molar-refractivity contribution in [3.8, 4) is 0 Å². The monoisotopic (exact) mass is 266 g/mol. The molecule has 1 atom stereocenters. The minimum atomic E-state index is 0. The van der Waals surface area contributed by atoms with Gasteiger partial charge in [-0.05, 0) is 25.5 Å². The highest BCUT2D eigenvalue weighted by molar-refractivity contribution is 5.81. The predicted molar refractivity (Wildman–Crippen MR) is 69.7 cm³/mol. The van der Waals surface area contributed by atoms with Crippen LogP contribution >= 0.6 is 0 Å². The molecule has 1 saturated carbocycles. The summed E-state index contributed by atoms with van der Waals surface area (Å²) in [5.41, 5.74) is 1.32. The molecule has 2 rings (SSSR count). The molecule has 1 aromatic rings. The summed E-state index contributed by atoms with van der Waals surface area (Å²) in [5, 5.41) is 0. The first-order valence-corrected chi connectivity index (χ1v) is 6.51. The second-order valence-electron chi connectivity index (χ2n) is 5.09. The quantitative estimate of drug-likeness (QED) is 0.758. The molecule has 3 heteroatoms. The number of benzene rings is 1. The highest BCUT2D eigenvalue weighted by Crippen LogP contribution is 2.21. The van der Waals surface area contributed by atoms with Gasteiger partial charge in [0.1, 0.15) is 5.78 Å². The summed E-state index contributed by atoms with van der Waals surface area (Å²) in [6.07, 6.45) is 4.19. The fraction of sp³-hybridized carbons (Fsp3) is 0.533. The van der Waals surface area contributed by atoms with Gasteiger partial charge in [0, 0.05) is 25.4 Å². The summed E-state index contributed by atoms with van der Waals surface area (Å²) in [6.45, 7) is 1.85. The SMILES string of the molecule is CN(Cc1ccccc1)CC1CCCCC1=O.[Cl-]. The first-order chi connectivity index (χ1) is 8.25. The maximum Gasteiger partial charge on any atom is 0.137 e. The lowest BCUT2D eigenvalue weighted by molar-refractivity contribution is -0.125. The normalized spacial score (nSPS) is 19.7. The van der Waals surface area contributed by atoms with Crippen LogP contribution in [0.15, 0.2) is 30.3 Å². The summed E-state index contributed by atoms with van der Waals surface area (Å²) < 4.78 is 0. The third kappa shape index (κ3) is 4.43. The highest BCUT2D eigenvalue weighted by Gasteiger charge is 2.23. The van der Waals surface area contributed by atoms with Crippen LogP contribution < -0.4 is 12.4 Å². The van der Waals surface area contributed by atoms with Crippen molar-refractivity contribution >= 4 is 5.78 Å². The Hall–Kier alpha value is -0.860. The highest BCUT2D eigenvalue weighted by atomic mass is 35.5. The first-order valence-electron chi connectivity index (χ1n) is 6.51. The van der Waals surface area contributed by atoms with Gasteiger partial charge in [0.05, 0.1) is 0 Å². The van der Waals surface area contributed by atoms with Crippen molar-refractivity contribution in [2.24, 2.45) is 5.92 Å². The molecular weight excluding hydrogens is 246 g/mol. The number of hydrogen-bond acceptors (Lipinski definition) is 2. The van der Waals surface area contributed by atoms with Crippen molar-refractivity contribution in [2.75, 3.05) is 13.6 Å². The Bertz CT molecular complexity index is 366. The van der Waals surface area contributed by atoms with Gasteiger partial charge in [-0.3, -0.25) is 4.79 Å². The van der Waals surface area contributed by atoms with Gasteiger partial charge in [0.15, 0.2) is 0 Å². The van der Waals surface area contributed by atoms with E-state index in [2.05, 4.69) is 36.2 Å². The van der Waals surface area contributed by atoms with E-state index in [0.29, 0.717) is 5.78 Å². The Morgan fingerprint density at radius 2 is 1.94 bits per heavy atom. The lowest BCUT2D eigenvalue weighted by Gasteiger charge is -2.26. The van der Waals surface area contributed by atoms with E-state index < -0.39 is 0 Å². The molecule has 2 nitrogen and oxygen atoms in total. The van der Waals surface area contributed by atoms with Crippen molar-refractivity contribution in [1.29, 1.82) is 0 Å². The number of hydrogen-bond donors (Lipinski definition) is 0. The molecular formula is C15H21ClNO-. The minimum absolute atomic E-state index is 0. The van der Waals surface area contributed by atoms with Crippen LogP contribution in [0.3, 0.4) is 0 Å². The molecule has 0 N–H and O–H groups in total. The Morgan fingerprint density at radius 1 is 1.22 bits per heavy atom. The summed E-state index contributed by atoms with van der Waals surface area (Å²) in [7, 11) is 2.11. The Balaban J connectivity index is 0.00000162. The van der Waals surface area contributed by atoms with Gasteiger partial charge in [-0.2, -0.15) is 0 Å². The van der Waals surface area contributed by atoms with Gasteiger partial charge in [-0.1, -0.05) is 36.8 Å². The Labute approximate surface area is 116 Å². The zero-order valence-corrected chi connectivity index (χ0v) is 11.7. The number of rotatable bonds is 4. The van der Waals surface area contributed by atoms with Crippen LogP contribution in [0.4, 0.5) is 0 Å². The van der Waals surface area contributed by atoms with E-state index in [-0.39, 0.29) is 18.3 Å². The Morgan fingerprint density at radius 3 is 2.61 bits per heavy atom. The van der Waals surface area contributed by atoms with Gasteiger partial charge in [0.25, 0.3) is 0 Å². The minimum Gasteiger partial charge on any atom is -1.00 e. The fourth-order valence-corrected chi connectivity index (χ4v) is 2.58. The molecule has 100 valence electrons. The lowest BCUT2D eigenvalue weighted by Crippen LogP contribution is -3.00. The van der Waals surface area contributed by atoms with Gasteiger partial charge in [0.2, 0.25) is 0 Å². The smallest absolute Gasteiger partial charge is 0.137 e. The van der Waals surface area contributed by atoms with Crippen LogP contribution in [0.5, 0.6) is 0 Å². The molecule has 0 aromatic heterocycles. The summed E-state index contributed by atoms with van der Waals surface area (Å²) >= 11 is 0. The molecule has 0 bridgehead atoms. The molecule has 18 heavy (non-hydrogen) atoms. The van der Waals surface area contributed by atoms with Crippen molar-refractivity contribution in [1.82, 2.24) is 4.90 Å². The molecule has 0 saturated heterocycles. The van der Waals surface area contributed by atoms with E-state index in [1.54, 1.807) is 0 Å². The maximum absolute atomic E-state index is 11.8. The number of nitrogens with zero attached hydrogens (tertiary/aromatic N) is 1. The number of carbonyl (C=O) groups is 1.